The molecule has 4 rings (SSSR count). The number of benzene rings is 2. The molecule has 0 aliphatic carbocycles. The van der Waals surface area contributed by atoms with E-state index in [0.29, 0.717) is 11.0 Å². The minimum atomic E-state index is -3.89. The summed E-state index contributed by atoms with van der Waals surface area (Å²) in [4.78, 5) is 17.3. The molecule has 0 radical (unpaired) electrons. The number of nitrogens with one attached hydrogen (secondary N) is 1. The monoisotopic (exact) mass is 530 g/mol. The third kappa shape index (κ3) is 5.18. The van der Waals surface area contributed by atoms with Gasteiger partial charge in [0.15, 0.2) is 5.16 Å². The zero-order chi connectivity index (χ0) is 25.5. The highest BCUT2D eigenvalue weighted by molar-refractivity contribution is 7.99. The van der Waals surface area contributed by atoms with Gasteiger partial charge in [-0.1, -0.05) is 35.5 Å². The van der Waals surface area contributed by atoms with E-state index in [1.807, 2.05) is 37.5 Å². The first-order chi connectivity index (χ1) is 16.5. The van der Waals surface area contributed by atoms with Crippen molar-refractivity contribution in [3.8, 4) is 5.69 Å². The number of carbonyl (C=O) groups is 1. The quantitative estimate of drug-likeness (QED) is 0.359. The fraction of sp³-hybridized carbons (Fsp3) is 0.217. The van der Waals surface area contributed by atoms with Gasteiger partial charge < -0.3 is 5.32 Å². The standard InChI is InChI=1S/C23H23ClN6O3S2/c1-12-5-7-17-13(2)9-14(3)26-21(17)22(12)30-15(4)28-29-23(30)34-11-20(31)27-19-8-6-16(10-18(19)24)35(25,32)33/h5-10H,11H2,1-4H3,(H,27,31)(H2,25,32,33). The van der Waals surface area contributed by atoms with Crippen molar-refractivity contribution >= 4 is 55.9 Å². The Labute approximate surface area is 212 Å². The number of aromatic nitrogens is 4. The predicted molar refractivity (Wildman–Crippen MR) is 138 cm³/mol. The summed E-state index contributed by atoms with van der Waals surface area (Å²) in [7, 11) is -3.89. The van der Waals surface area contributed by atoms with Gasteiger partial charge >= 0.3 is 0 Å². The summed E-state index contributed by atoms with van der Waals surface area (Å²) >= 11 is 7.35. The zero-order valence-electron chi connectivity index (χ0n) is 19.5. The van der Waals surface area contributed by atoms with E-state index >= 15 is 0 Å². The molecule has 0 fully saturated rings. The lowest BCUT2D eigenvalue weighted by atomic mass is 10.0. The largest absolute Gasteiger partial charge is 0.324 e. The van der Waals surface area contributed by atoms with E-state index in [9.17, 15) is 13.2 Å². The number of nitrogens with two attached hydrogens (primary N) is 1. The number of hydrogen-bond donors (Lipinski definition) is 2. The molecule has 1 amide bonds. The molecule has 2 aromatic heterocycles. The lowest BCUT2D eigenvalue weighted by Gasteiger charge is -2.15. The second kappa shape index (κ2) is 9.57. The first-order valence-corrected chi connectivity index (χ1v) is 13.4. The number of amides is 1. The summed E-state index contributed by atoms with van der Waals surface area (Å²) in [5.41, 5.74) is 5.04. The molecule has 12 heteroatoms. The Bertz CT molecular complexity index is 1580. The number of thioether (sulfide) groups is 1. The second-order valence-electron chi connectivity index (χ2n) is 8.10. The molecule has 35 heavy (non-hydrogen) atoms. The highest BCUT2D eigenvalue weighted by atomic mass is 35.5. The van der Waals surface area contributed by atoms with Crippen LogP contribution < -0.4 is 10.5 Å². The topological polar surface area (TPSA) is 133 Å². The molecule has 0 saturated carbocycles. The van der Waals surface area contributed by atoms with Crippen LogP contribution in [0.4, 0.5) is 5.69 Å². The maximum Gasteiger partial charge on any atom is 0.238 e. The maximum absolute atomic E-state index is 12.6. The molecule has 0 atom stereocenters. The summed E-state index contributed by atoms with van der Waals surface area (Å²) < 4.78 is 24.9. The third-order valence-electron chi connectivity index (χ3n) is 5.39. The summed E-state index contributed by atoms with van der Waals surface area (Å²) in [5.74, 6) is 0.360. The van der Waals surface area contributed by atoms with E-state index < -0.39 is 10.0 Å². The summed E-state index contributed by atoms with van der Waals surface area (Å²) in [5, 5.41) is 18.0. The van der Waals surface area contributed by atoms with Gasteiger partial charge in [0, 0.05) is 11.1 Å². The Morgan fingerprint density at radius 1 is 1.09 bits per heavy atom. The van der Waals surface area contributed by atoms with Gasteiger partial charge in [-0.2, -0.15) is 0 Å². The Kier molecular flexibility index (Phi) is 6.87. The molecular weight excluding hydrogens is 508 g/mol. The number of hydrogen-bond acceptors (Lipinski definition) is 7. The van der Waals surface area contributed by atoms with Gasteiger partial charge in [-0.15, -0.1) is 10.2 Å². The van der Waals surface area contributed by atoms with Crippen LogP contribution in [0.3, 0.4) is 0 Å². The first kappa shape index (κ1) is 25.1. The van der Waals surface area contributed by atoms with Crippen LogP contribution in [0.2, 0.25) is 5.02 Å². The van der Waals surface area contributed by atoms with E-state index in [-0.39, 0.29) is 27.3 Å². The van der Waals surface area contributed by atoms with Crippen LogP contribution in [0, 0.1) is 27.7 Å². The van der Waals surface area contributed by atoms with Gasteiger partial charge in [0.2, 0.25) is 15.9 Å². The number of carbonyl (C=O) groups excluding carboxylic acids is 1. The van der Waals surface area contributed by atoms with Crippen molar-refractivity contribution in [2.75, 3.05) is 11.1 Å². The van der Waals surface area contributed by atoms with Crippen molar-refractivity contribution in [2.45, 2.75) is 37.7 Å². The average Bonchev–Trinajstić information content (AvgIpc) is 3.12. The Morgan fingerprint density at radius 2 is 1.83 bits per heavy atom. The molecule has 0 aliphatic heterocycles. The van der Waals surface area contributed by atoms with Gasteiger partial charge in [0.05, 0.1) is 32.6 Å². The van der Waals surface area contributed by atoms with Gasteiger partial charge in [-0.05, 0) is 63.1 Å². The van der Waals surface area contributed by atoms with Gasteiger partial charge in [0.25, 0.3) is 0 Å². The molecule has 0 bridgehead atoms. The van der Waals surface area contributed by atoms with Crippen molar-refractivity contribution in [3.05, 3.63) is 64.1 Å². The van der Waals surface area contributed by atoms with Crippen molar-refractivity contribution in [2.24, 2.45) is 5.14 Å². The fourth-order valence-electron chi connectivity index (χ4n) is 3.78. The molecular formula is C23H23ClN6O3S2. The van der Waals surface area contributed by atoms with Crippen molar-refractivity contribution in [3.63, 3.8) is 0 Å². The molecule has 0 saturated heterocycles. The summed E-state index contributed by atoms with van der Waals surface area (Å²) in [6, 6.07) is 10.0. The molecule has 0 aliphatic rings. The van der Waals surface area contributed by atoms with E-state index in [1.54, 1.807) is 0 Å². The van der Waals surface area contributed by atoms with Crippen LogP contribution >= 0.6 is 23.4 Å². The summed E-state index contributed by atoms with van der Waals surface area (Å²) in [6.07, 6.45) is 0. The summed E-state index contributed by atoms with van der Waals surface area (Å²) in [6.45, 7) is 7.86. The van der Waals surface area contributed by atoms with E-state index in [0.717, 1.165) is 33.4 Å². The molecule has 9 nitrogen and oxygen atoms in total. The Morgan fingerprint density at radius 3 is 2.51 bits per heavy atom. The Balaban J connectivity index is 1.61. The molecule has 182 valence electrons. The average molecular weight is 531 g/mol. The highest BCUT2D eigenvalue weighted by Crippen LogP contribution is 2.31. The predicted octanol–water partition coefficient (Wildman–Crippen LogP) is 4.08. The van der Waals surface area contributed by atoms with E-state index in [2.05, 4.69) is 28.5 Å². The van der Waals surface area contributed by atoms with Crippen LogP contribution in [-0.4, -0.2) is 39.8 Å². The molecule has 4 aromatic rings. The van der Waals surface area contributed by atoms with Crippen LogP contribution in [0.25, 0.3) is 16.6 Å². The number of halogens is 1. The number of nitrogens with zero attached hydrogens (tertiary/aromatic N) is 4. The number of aryl methyl sites for hydroxylation is 4. The minimum absolute atomic E-state index is 0.0285. The molecule has 3 N–H and O–H groups in total. The third-order valence-corrected chi connectivity index (χ3v) is 7.54. The lowest BCUT2D eigenvalue weighted by molar-refractivity contribution is -0.113. The lowest BCUT2D eigenvalue weighted by Crippen LogP contribution is -2.16. The zero-order valence-corrected chi connectivity index (χ0v) is 21.8. The number of pyridine rings is 1. The SMILES string of the molecule is Cc1cc(C)c2ccc(C)c(-n3c(C)nnc3SCC(=O)Nc3ccc(S(N)(=O)=O)cc3Cl)c2n1. The van der Waals surface area contributed by atoms with Crippen LogP contribution in [0.1, 0.15) is 22.6 Å². The van der Waals surface area contributed by atoms with Gasteiger partial charge in [0.1, 0.15) is 5.82 Å². The maximum atomic E-state index is 12.6. The normalized spacial score (nSPS) is 11.7. The number of primary sulfonamides is 1. The van der Waals surface area contributed by atoms with Gasteiger partial charge in [-0.3, -0.25) is 14.3 Å². The van der Waals surface area contributed by atoms with Crippen LogP contribution in [-0.2, 0) is 14.8 Å². The van der Waals surface area contributed by atoms with Crippen molar-refractivity contribution < 1.29 is 13.2 Å². The van der Waals surface area contributed by atoms with Crippen molar-refractivity contribution in [1.82, 2.24) is 19.7 Å². The van der Waals surface area contributed by atoms with Crippen LogP contribution in [0.5, 0.6) is 0 Å². The fourth-order valence-corrected chi connectivity index (χ4v) is 5.39. The highest BCUT2D eigenvalue weighted by Gasteiger charge is 2.19. The molecule has 0 spiro atoms. The Hall–Kier alpha value is -2.99. The molecule has 0 unspecified atom stereocenters. The second-order valence-corrected chi connectivity index (χ2v) is 11.0. The van der Waals surface area contributed by atoms with Crippen molar-refractivity contribution in [1.29, 1.82) is 0 Å². The molecule has 2 aromatic carbocycles. The number of anilines is 1. The number of sulfonamides is 1. The number of rotatable bonds is 6. The minimum Gasteiger partial charge on any atom is -0.324 e. The van der Waals surface area contributed by atoms with E-state index in [1.165, 1.54) is 30.0 Å². The number of fused-ring (bicyclic) bond motifs is 1. The molecule has 2 heterocycles. The van der Waals surface area contributed by atoms with Gasteiger partial charge in [-0.25, -0.2) is 13.6 Å². The van der Waals surface area contributed by atoms with Crippen LogP contribution in [0.15, 0.2) is 46.5 Å². The van der Waals surface area contributed by atoms with E-state index in [4.69, 9.17) is 21.7 Å². The first-order valence-electron chi connectivity index (χ1n) is 10.5. The smallest absolute Gasteiger partial charge is 0.238 e.